The normalized spacial score (nSPS) is 10.8. The SMILES string of the molecule is CCCc1nn(C)c(Nc2cc(F)c(Br)cc2F)c1N. The Morgan fingerprint density at radius 1 is 1.35 bits per heavy atom. The zero-order valence-electron chi connectivity index (χ0n) is 11.2. The number of hydrogen-bond acceptors (Lipinski definition) is 3. The molecule has 1 heterocycles. The molecule has 7 heteroatoms. The Balaban J connectivity index is 2.37. The van der Waals surface area contributed by atoms with Gasteiger partial charge in [-0.3, -0.25) is 4.68 Å². The van der Waals surface area contributed by atoms with Crippen molar-refractivity contribution in [1.29, 1.82) is 0 Å². The number of nitrogen functional groups attached to an aromatic ring is 1. The second kappa shape index (κ2) is 5.78. The van der Waals surface area contributed by atoms with Gasteiger partial charge in [0.2, 0.25) is 0 Å². The summed E-state index contributed by atoms with van der Waals surface area (Å²) < 4.78 is 28.9. The number of anilines is 3. The number of aryl methyl sites for hydroxylation is 2. The van der Waals surface area contributed by atoms with Gasteiger partial charge >= 0.3 is 0 Å². The summed E-state index contributed by atoms with van der Waals surface area (Å²) in [5.74, 6) is -0.673. The first kappa shape index (κ1) is 14.8. The molecule has 0 amide bonds. The fourth-order valence-corrected chi connectivity index (χ4v) is 2.23. The highest BCUT2D eigenvalue weighted by atomic mass is 79.9. The summed E-state index contributed by atoms with van der Waals surface area (Å²) in [4.78, 5) is 0. The minimum absolute atomic E-state index is 0.0171. The molecule has 0 saturated carbocycles. The monoisotopic (exact) mass is 344 g/mol. The van der Waals surface area contributed by atoms with Gasteiger partial charge in [-0.25, -0.2) is 8.78 Å². The zero-order valence-corrected chi connectivity index (χ0v) is 12.8. The van der Waals surface area contributed by atoms with Crippen molar-refractivity contribution in [3.63, 3.8) is 0 Å². The molecule has 0 atom stereocenters. The van der Waals surface area contributed by atoms with Crippen LogP contribution in [-0.4, -0.2) is 9.78 Å². The molecule has 0 saturated heterocycles. The fourth-order valence-electron chi connectivity index (χ4n) is 1.91. The van der Waals surface area contributed by atoms with Crippen LogP contribution < -0.4 is 11.1 Å². The summed E-state index contributed by atoms with van der Waals surface area (Å²) in [6.45, 7) is 2.02. The molecular formula is C13H15BrF2N4. The van der Waals surface area contributed by atoms with Gasteiger partial charge in [0.15, 0.2) is 5.82 Å². The molecule has 0 fully saturated rings. The molecule has 2 rings (SSSR count). The van der Waals surface area contributed by atoms with Crippen LogP contribution in [0.25, 0.3) is 0 Å². The molecule has 0 radical (unpaired) electrons. The number of rotatable bonds is 4. The molecule has 4 nitrogen and oxygen atoms in total. The van der Waals surface area contributed by atoms with Crippen molar-refractivity contribution in [3.8, 4) is 0 Å². The Morgan fingerprint density at radius 2 is 2.05 bits per heavy atom. The van der Waals surface area contributed by atoms with E-state index in [9.17, 15) is 8.78 Å². The number of aromatic nitrogens is 2. The van der Waals surface area contributed by atoms with Crippen LogP contribution in [0, 0.1) is 11.6 Å². The lowest BCUT2D eigenvalue weighted by Gasteiger charge is -2.09. The number of nitrogens with two attached hydrogens (primary N) is 1. The van der Waals surface area contributed by atoms with Gasteiger partial charge in [0, 0.05) is 13.1 Å². The third kappa shape index (κ3) is 2.77. The van der Waals surface area contributed by atoms with Crippen LogP contribution in [0.5, 0.6) is 0 Å². The molecule has 1 aromatic heterocycles. The van der Waals surface area contributed by atoms with Crippen molar-refractivity contribution >= 4 is 33.1 Å². The van der Waals surface area contributed by atoms with Crippen LogP contribution >= 0.6 is 15.9 Å². The van der Waals surface area contributed by atoms with Gasteiger partial charge in [0.25, 0.3) is 0 Å². The van der Waals surface area contributed by atoms with E-state index in [1.54, 1.807) is 7.05 Å². The predicted octanol–water partition coefficient (Wildman–Crippen LogP) is 3.74. The van der Waals surface area contributed by atoms with Crippen LogP contribution in [0.3, 0.4) is 0 Å². The van der Waals surface area contributed by atoms with Crippen molar-refractivity contribution in [3.05, 3.63) is 33.9 Å². The average molecular weight is 345 g/mol. The lowest BCUT2D eigenvalue weighted by molar-refractivity contribution is 0.597. The molecule has 0 aliphatic heterocycles. The first-order chi connectivity index (χ1) is 9.43. The first-order valence-electron chi connectivity index (χ1n) is 6.17. The molecule has 0 spiro atoms. The molecule has 0 aliphatic rings. The second-order valence-corrected chi connectivity index (χ2v) is 5.31. The van der Waals surface area contributed by atoms with Gasteiger partial charge < -0.3 is 11.1 Å². The molecule has 20 heavy (non-hydrogen) atoms. The lowest BCUT2D eigenvalue weighted by Crippen LogP contribution is -2.03. The van der Waals surface area contributed by atoms with E-state index in [1.165, 1.54) is 4.68 Å². The van der Waals surface area contributed by atoms with Crippen molar-refractivity contribution in [2.75, 3.05) is 11.1 Å². The van der Waals surface area contributed by atoms with Crippen LogP contribution in [0.4, 0.5) is 26.0 Å². The van der Waals surface area contributed by atoms with E-state index in [0.717, 1.165) is 30.7 Å². The maximum absolute atomic E-state index is 13.8. The molecule has 0 unspecified atom stereocenters. The Kier molecular flexibility index (Phi) is 4.27. The number of benzene rings is 1. The van der Waals surface area contributed by atoms with Crippen molar-refractivity contribution in [2.24, 2.45) is 7.05 Å². The van der Waals surface area contributed by atoms with E-state index in [2.05, 4.69) is 26.3 Å². The maximum Gasteiger partial charge on any atom is 0.152 e. The van der Waals surface area contributed by atoms with E-state index >= 15 is 0 Å². The molecule has 108 valence electrons. The number of hydrogen-bond donors (Lipinski definition) is 2. The van der Waals surface area contributed by atoms with Gasteiger partial charge in [0.05, 0.1) is 21.5 Å². The zero-order chi connectivity index (χ0) is 14.9. The van der Waals surface area contributed by atoms with Crippen LogP contribution in [0.1, 0.15) is 19.0 Å². The van der Waals surface area contributed by atoms with Gasteiger partial charge in [-0.1, -0.05) is 13.3 Å². The van der Waals surface area contributed by atoms with E-state index in [1.807, 2.05) is 6.92 Å². The standard InChI is InChI=1S/C13H15BrF2N4/c1-3-4-10-12(17)13(20(2)19-10)18-11-6-8(15)7(14)5-9(11)16/h5-6,18H,3-4,17H2,1-2H3. The van der Waals surface area contributed by atoms with E-state index < -0.39 is 11.6 Å². The Bertz CT molecular complexity index is 640. The number of nitrogens with one attached hydrogen (secondary N) is 1. The summed E-state index contributed by atoms with van der Waals surface area (Å²) in [7, 11) is 1.70. The van der Waals surface area contributed by atoms with Gasteiger partial charge in [-0.15, -0.1) is 0 Å². The topological polar surface area (TPSA) is 55.9 Å². The summed E-state index contributed by atoms with van der Waals surface area (Å²) in [6.07, 6.45) is 1.64. The largest absolute Gasteiger partial charge is 0.394 e. The van der Waals surface area contributed by atoms with Crippen LogP contribution in [0.15, 0.2) is 16.6 Å². The van der Waals surface area contributed by atoms with Crippen molar-refractivity contribution < 1.29 is 8.78 Å². The van der Waals surface area contributed by atoms with Gasteiger partial charge in [-0.05, 0) is 28.4 Å². The Labute approximate surface area is 124 Å². The minimum atomic E-state index is -0.573. The summed E-state index contributed by atoms with van der Waals surface area (Å²) in [5, 5.41) is 7.06. The van der Waals surface area contributed by atoms with E-state index in [-0.39, 0.29) is 10.2 Å². The van der Waals surface area contributed by atoms with Gasteiger partial charge in [0.1, 0.15) is 11.6 Å². The number of nitrogens with zero attached hydrogens (tertiary/aromatic N) is 2. The highest BCUT2D eigenvalue weighted by molar-refractivity contribution is 9.10. The predicted molar refractivity (Wildman–Crippen MR) is 79.0 cm³/mol. The quantitative estimate of drug-likeness (QED) is 0.830. The summed E-state index contributed by atoms with van der Waals surface area (Å²) in [6, 6.07) is 2.14. The third-order valence-corrected chi connectivity index (χ3v) is 3.52. The molecule has 2 aromatic rings. The minimum Gasteiger partial charge on any atom is -0.394 e. The van der Waals surface area contributed by atoms with E-state index in [4.69, 9.17) is 5.73 Å². The van der Waals surface area contributed by atoms with E-state index in [0.29, 0.717) is 11.5 Å². The average Bonchev–Trinajstić information content (AvgIpc) is 2.64. The lowest BCUT2D eigenvalue weighted by atomic mass is 10.2. The number of halogens is 3. The first-order valence-corrected chi connectivity index (χ1v) is 6.96. The Hall–Kier alpha value is -1.63. The van der Waals surface area contributed by atoms with Crippen LogP contribution in [0.2, 0.25) is 0 Å². The fraction of sp³-hybridized carbons (Fsp3) is 0.308. The smallest absolute Gasteiger partial charge is 0.152 e. The van der Waals surface area contributed by atoms with Crippen LogP contribution in [-0.2, 0) is 13.5 Å². The molecule has 1 aromatic carbocycles. The van der Waals surface area contributed by atoms with Crippen molar-refractivity contribution in [2.45, 2.75) is 19.8 Å². The Morgan fingerprint density at radius 3 is 2.70 bits per heavy atom. The molecule has 0 bridgehead atoms. The second-order valence-electron chi connectivity index (χ2n) is 4.45. The highest BCUT2D eigenvalue weighted by Gasteiger charge is 2.15. The molecule has 3 N–H and O–H groups in total. The van der Waals surface area contributed by atoms with Gasteiger partial charge in [-0.2, -0.15) is 5.10 Å². The molecule has 0 aliphatic carbocycles. The molecular weight excluding hydrogens is 330 g/mol. The summed E-state index contributed by atoms with van der Waals surface area (Å²) in [5.41, 5.74) is 7.20. The maximum atomic E-state index is 13.8. The summed E-state index contributed by atoms with van der Waals surface area (Å²) >= 11 is 2.93. The highest BCUT2D eigenvalue weighted by Crippen LogP contribution is 2.30. The third-order valence-electron chi connectivity index (χ3n) is 2.91. The van der Waals surface area contributed by atoms with Crippen molar-refractivity contribution in [1.82, 2.24) is 9.78 Å².